The van der Waals surface area contributed by atoms with Gasteiger partial charge in [-0.1, -0.05) is 30.7 Å². The molecule has 2 aromatic carbocycles. The summed E-state index contributed by atoms with van der Waals surface area (Å²) in [6.45, 7) is 6.42. The van der Waals surface area contributed by atoms with Gasteiger partial charge in [-0.25, -0.2) is 4.39 Å². The lowest BCUT2D eigenvalue weighted by molar-refractivity contribution is 0.0911. The first-order valence-corrected chi connectivity index (χ1v) is 8.29. The summed E-state index contributed by atoms with van der Waals surface area (Å²) < 4.78 is 13.2. The molecular weight excluding hydrogens is 327 g/mol. The van der Waals surface area contributed by atoms with E-state index in [4.69, 9.17) is 11.6 Å². The van der Waals surface area contributed by atoms with Gasteiger partial charge in [0.05, 0.1) is 10.6 Å². The van der Waals surface area contributed by atoms with Crippen molar-refractivity contribution in [3.05, 3.63) is 64.4 Å². The Balaban J connectivity index is 2.05. The molecule has 0 saturated heterocycles. The first-order valence-electron chi connectivity index (χ1n) is 7.91. The molecule has 0 aliphatic rings. The summed E-state index contributed by atoms with van der Waals surface area (Å²) in [4.78, 5) is 12.3. The predicted molar refractivity (Wildman–Crippen MR) is 97.0 cm³/mol. The zero-order valence-corrected chi connectivity index (χ0v) is 14.9. The number of carbonyl (C=O) groups is 1. The van der Waals surface area contributed by atoms with E-state index in [1.165, 1.54) is 12.1 Å². The van der Waals surface area contributed by atoms with E-state index >= 15 is 0 Å². The first-order chi connectivity index (χ1) is 11.3. The Labute approximate surface area is 147 Å². The highest BCUT2D eigenvalue weighted by molar-refractivity contribution is 6.34. The number of rotatable bonds is 6. The molecule has 1 amide bonds. The average molecular weight is 349 g/mol. The molecule has 0 aliphatic heterocycles. The maximum atomic E-state index is 13.2. The number of amides is 1. The molecule has 3 nitrogen and oxygen atoms in total. The molecule has 128 valence electrons. The lowest BCUT2D eigenvalue weighted by Crippen LogP contribution is -2.42. The van der Waals surface area contributed by atoms with E-state index < -0.39 is 0 Å². The van der Waals surface area contributed by atoms with Crippen molar-refractivity contribution < 1.29 is 9.18 Å². The van der Waals surface area contributed by atoms with E-state index in [2.05, 4.69) is 10.6 Å². The van der Waals surface area contributed by atoms with Crippen molar-refractivity contribution in [2.24, 2.45) is 0 Å². The Morgan fingerprint density at radius 2 is 1.96 bits per heavy atom. The summed E-state index contributed by atoms with van der Waals surface area (Å²) >= 11 is 6.24. The average Bonchev–Trinajstić information content (AvgIpc) is 2.52. The molecule has 24 heavy (non-hydrogen) atoms. The van der Waals surface area contributed by atoms with Crippen LogP contribution < -0.4 is 10.6 Å². The second kappa shape index (κ2) is 7.67. The molecule has 0 atom stereocenters. The van der Waals surface area contributed by atoms with E-state index in [0.717, 1.165) is 17.7 Å². The third kappa shape index (κ3) is 4.96. The molecule has 2 rings (SSSR count). The van der Waals surface area contributed by atoms with Gasteiger partial charge in [-0.3, -0.25) is 4.79 Å². The lowest BCUT2D eigenvalue weighted by atomic mass is 10.0. The van der Waals surface area contributed by atoms with Crippen LogP contribution in [-0.2, 0) is 6.54 Å². The molecule has 0 saturated carbocycles. The van der Waals surface area contributed by atoms with Gasteiger partial charge in [0.1, 0.15) is 5.82 Å². The minimum Gasteiger partial charge on any atom is -0.381 e. The van der Waals surface area contributed by atoms with Crippen LogP contribution in [0.2, 0.25) is 5.02 Å². The van der Waals surface area contributed by atoms with E-state index in [0.29, 0.717) is 17.1 Å². The summed E-state index contributed by atoms with van der Waals surface area (Å²) in [6.07, 6.45) is 0.823. The molecule has 0 fully saturated rings. The fraction of sp³-hybridized carbons (Fsp3) is 0.316. The van der Waals surface area contributed by atoms with Crippen molar-refractivity contribution in [1.29, 1.82) is 0 Å². The van der Waals surface area contributed by atoms with Gasteiger partial charge in [0.15, 0.2) is 0 Å². The Hall–Kier alpha value is -2.07. The molecule has 0 spiro atoms. The van der Waals surface area contributed by atoms with Crippen LogP contribution in [0.1, 0.15) is 43.1 Å². The molecule has 0 heterocycles. The van der Waals surface area contributed by atoms with Crippen LogP contribution >= 0.6 is 11.6 Å². The zero-order valence-electron chi connectivity index (χ0n) is 14.1. The second-order valence-electron chi connectivity index (χ2n) is 6.37. The van der Waals surface area contributed by atoms with Crippen LogP contribution in [0, 0.1) is 5.82 Å². The molecule has 5 heteroatoms. The zero-order chi connectivity index (χ0) is 17.7. The number of nitrogens with one attached hydrogen (secondary N) is 2. The monoisotopic (exact) mass is 348 g/mol. The summed E-state index contributed by atoms with van der Waals surface area (Å²) in [7, 11) is 0. The highest BCUT2D eigenvalue weighted by Gasteiger charge is 2.20. The van der Waals surface area contributed by atoms with Crippen LogP contribution in [0.25, 0.3) is 0 Å². The van der Waals surface area contributed by atoms with Gasteiger partial charge in [0.25, 0.3) is 5.91 Å². The molecule has 0 unspecified atom stereocenters. The van der Waals surface area contributed by atoms with Gasteiger partial charge in [0.2, 0.25) is 0 Å². The minimum atomic E-state index is -0.283. The second-order valence-corrected chi connectivity index (χ2v) is 6.78. The largest absolute Gasteiger partial charge is 0.381 e. The highest BCUT2D eigenvalue weighted by atomic mass is 35.5. The van der Waals surface area contributed by atoms with Gasteiger partial charge in [-0.05, 0) is 56.2 Å². The quantitative estimate of drug-likeness (QED) is 0.770. The molecule has 0 radical (unpaired) electrons. The molecule has 0 aliphatic carbocycles. The first kappa shape index (κ1) is 18.3. The maximum Gasteiger partial charge on any atom is 0.253 e. The molecule has 2 aromatic rings. The third-order valence-corrected chi connectivity index (χ3v) is 4.25. The standard InChI is InChI=1S/C19H22ClFN2O/c1-4-19(2,3)23-18(24)16-9-8-15(11-17(16)20)22-12-13-6-5-7-14(21)10-13/h5-11,22H,4,12H2,1-3H3,(H,23,24). The fourth-order valence-electron chi connectivity index (χ4n) is 2.12. The molecular formula is C19H22ClFN2O. The van der Waals surface area contributed by atoms with E-state index in [1.807, 2.05) is 26.8 Å². The summed E-state index contributed by atoms with van der Waals surface area (Å²) in [6, 6.07) is 11.6. The summed E-state index contributed by atoms with van der Waals surface area (Å²) in [5, 5.41) is 6.51. The topological polar surface area (TPSA) is 41.1 Å². The van der Waals surface area contributed by atoms with Crippen molar-refractivity contribution in [2.75, 3.05) is 5.32 Å². The van der Waals surface area contributed by atoms with Crippen LogP contribution in [0.15, 0.2) is 42.5 Å². The van der Waals surface area contributed by atoms with Crippen molar-refractivity contribution in [2.45, 2.75) is 39.3 Å². The van der Waals surface area contributed by atoms with Gasteiger partial charge >= 0.3 is 0 Å². The molecule has 2 N–H and O–H groups in total. The Morgan fingerprint density at radius 3 is 2.58 bits per heavy atom. The van der Waals surface area contributed by atoms with E-state index in [-0.39, 0.29) is 17.3 Å². The smallest absolute Gasteiger partial charge is 0.253 e. The fourth-order valence-corrected chi connectivity index (χ4v) is 2.39. The number of hydrogen-bond acceptors (Lipinski definition) is 2. The van der Waals surface area contributed by atoms with E-state index in [1.54, 1.807) is 24.3 Å². The van der Waals surface area contributed by atoms with Crippen LogP contribution in [0.4, 0.5) is 10.1 Å². The lowest BCUT2D eigenvalue weighted by Gasteiger charge is -2.24. The number of hydrogen-bond donors (Lipinski definition) is 2. The van der Waals surface area contributed by atoms with Crippen molar-refractivity contribution in [3.8, 4) is 0 Å². The summed E-state index contributed by atoms with van der Waals surface area (Å²) in [5.74, 6) is -0.457. The number of benzene rings is 2. The van der Waals surface area contributed by atoms with Gasteiger partial charge in [0, 0.05) is 17.8 Å². The Morgan fingerprint density at radius 1 is 1.21 bits per heavy atom. The number of halogens is 2. The Kier molecular flexibility index (Phi) is 5.84. The van der Waals surface area contributed by atoms with Crippen molar-refractivity contribution in [3.63, 3.8) is 0 Å². The van der Waals surface area contributed by atoms with Gasteiger partial charge in [-0.15, -0.1) is 0 Å². The highest BCUT2D eigenvalue weighted by Crippen LogP contribution is 2.22. The molecule has 0 aromatic heterocycles. The van der Waals surface area contributed by atoms with Crippen LogP contribution in [-0.4, -0.2) is 11.4 Å². The summed E-state index contributed by atoms with van der Waals surface area (Å²) in [5.41, 5.74) is 1.76. The van der Waals surface area contributed by atoms with Crippen LogP contribution in [0.5, 0.6) is 0 Å². The predicted octanol–water partition coefficient (Wildman–Crippen LogP) is 5.01. The van der Waals surface area contributed by atoms with E-state index in [9.17, 15) is 9.18 Å². The van der Waals surface area contributed by atoms with Gasteiger partial charge < -0.3 is 10.6 Å². The van der Waals surface area contributed by atoms with Crippen molar-refractivity contribution in [1.82, 2.24) is 5.32 Å². The van der Waals surface area contributed by atoms with Gasteiger partial charge in [-0.2, -0.15) is 0 Å². The van der Waals surface area contributed by atoms with Crippen molar-refractivity contribution >= 4 is 23.2 Å². The Bertz CT molecular complexity index is 731. The normalized spacial score (nSPS) is 11.2. The van der Waals surface area contributed by atoms with Crippen LogP contribution in [0.3, 0.4) is 0 Å². The third-order valence-electron chi connectivity index (χ3n) is 3.94. The maximum absolute atomic E-state index is 13.2. The number of anilines is 1. The number of carbonyl (C=O) groups excluding carboxylic acids is 1. The molecule has 0 bridgehead atoms. The SMILES string of the molecule is CCC(C)(C)NC(=O)c1ccc(NCc2cccc(F)c2)cc1Cl. The minimum absolute atomic E-state index is 0.191.